The zero-order valence-electron chi connectivity index (χ0n) is 13.3. The predicted octanol–water partition coefficient (Wildman–Crippen LogP) is 3.86. The Morgan fingerprint density at radius 3 is 2.14 bits per heavy atom. The molecular weight excluding hydrogens is 278 g/mol. The van der Waals surface area contributed by atoms with Gasteiger partial charge in [0.1, 0.15) is 17.1 Å². The van der Waals surface area contributed by atoms with Crippen LogP contribution in [-0.4, -0.2) is 43.3 Å². The quantitative estimate of drug-likeness (QED) is 0.566. The maximum atomic E-state index is 12.6. The third kappa shape index (κ3) is 5.03. The Balaban J connectivity index is 0.00000220. The Hall–Kier alpha value is -0.483. The fraction of sp³-hybridized carbons (Fsp3) is 0.562. The molecule has 1 aromatic carbocycles. The van der Waals surface area contributed by atoms with Gasteiger partial charge in [0.25, 0.3) is 0 Å². The number of carbonyl (C=O) groups excluding carboxylic acids is 1. The fourth-order valence-corrected chi connectivity index (χ4v) is 4.07. The molecule has 1 aliphatic carbocycles. The van der Waals surface area contributed by atoms with Crippen LogP contribution in [0.5, 0.6) is 11.5 Å². The van der Waals surface area contributed by atoms with Gasteiger partial charge in [0.2, 0.25) is 0 Å². The molecule has 0 saturated heterocycles. The number of carbonyl (C=O) groups is 1. The summed E-state index contributed by atoms with van der Waals surface area (Å²) in [5, 5.41) is 0. The van der Waals surface area contributed by atoms with E-state index in [0.717, 1.165) is 0 Å². The molecule has 1 aromatic rings. The minimum absolute atomic E-state index is 0. The predicted molar refractivity (Wildman–Crippen MR) is 89.4 cm³/mol. The van der Waals surface area contributed by atoms with Crippen molar-refractivity contribution in [1.29, 1.82) is 0 Å². The van der Waals surface area contributed by atoms with Crippen LogP contribution in [0.15, 0.2) is 18.2 Å². The van der Waals surface area contributed by atoms with Gasteiger partial charge in [0.05, 0.1) is 13.2 Å². The van der Waals surface area contributed by atoms with Gasteiger partial charge in [-0.15, -0.1) is 0 Å². The minimum atomic E-state index is 0. The van der Waals surface area contributed by atoms with Gasteiger partial charge in [-0.3, -0.25) is 4.79 Å². The molecule has 111 valence electrons. The Bertz CT molecular complexity index is 435. The molecule has 0 amide bonds. The van der Waals surface area contributed by atoms with Gasteiger partial charge in [-0.05, 0) is 53.1 Å². The van der Waals surface area contributed by atoms with Crippen molar-refractivity contribution in [3.8, 4) is 11.5 Å². The molecule has 3 nitrogen and oxygen atoms in total. The largest absolute Gasteiger partial charge is 0.493 e. The van der Waals surface area contributed by atoms with Crippen LogP contribution in [0.2, 0.25) is 0 Å². The fourth-order valence-electron chi connectivity index (χ4n) is 2.61. The van der Waals surface area contributed by atoms with Gasteiger partial charge >= 0.3 is 0 Å². The molecule has 0 heterocycles. The molecule has 0 aromatic heterocycles. The van der Waals surface area contributed by atoms with E-state index >= 15 is 0 Å². The third-order valence-electron chi connectivity index (χ3n) is 3.51. The first-order chi connectivity index (χ1) is 9.76. The van der Waals surface area contributed by atoms with E-state index < -0.39 is 0 Å². The molecule has 1 radical (unpaired) electrons. The normalized spacial score (nSPS) is 15.1. The number of ether oxygens (including phenoxy) is 2. The van der Waals surface area contributed by atoms with Gasteiger partial charge in [-0.2, -0.15) is 0 Å². The van der Waals surface area contributed by atoms with E-state index in [2.05, 4.69) is 0 Å². The molecule has 0 N–H and O–H groups in total. The van der Waals surface area contributed by atoms with E-state index in [1.165, 1.54) is 25.7 Å². The second-order valence-electron chi connectivity index (χ2n) is 4.95. The molecule has 1 aliphatic rings. The van der Waals surface area contributed by atoms with E-state index in [4.69, 9.17) is 9.47 Å². The Morgan fingerprint density at radius 2 is 1.67 bits per heavy atom. The SMILES string of the molecule is CCOc1cccc(OCC)c1C(=O)PC1CCCC1.[Li]. The van der Waals surface area contributed by atoms with Crippen molar-refractivity contribution in [3.05, 3.63) is 23.8 Å². The van der Waals surface area contributed by atoms with Crippen LogP contribution < -0.4 is 9.47 Å². The summed E-state index contributed by atoms with van der Waals surface area (Å²) in [6, 6.07) is 5.60. The molecule has 1 fully saturated rings. The molecule has 21 heavy (non-hydrogen) atoms. The number of hydrogen-bond acceptors (Lipinski definition) is 3. The topological polar surface area (TPSA) is 35.5 Å². The smallest absolute Gasteiger partial charge is 0.188 e. The van der Waals surface area contributed by atoms with Crippen LogP contribution in [0.25, 0.3) is 0 Å². The Kier molecular flexibility index (Phi) is 8.41. The van der Waals surface area contributed by atoms with Crippen LogP contribution in [-0.2, 0) is 0 Å². The first-order valence-corrected chi connectivity index (χ1v) is 8.53. The molecule has 2 rings (SSSR count). The molecule has 1 atom stereocenters. The summed E-state index contributed by atoms with van der Waals surface area (Å²) < 4.78 is 11.2. The van der Waals surface area contributed by atoms with Crippen molar-refractivity contribution in [2.45, 2.75) is 45.2 Å². The maximum Gasteiger partial charge on any atom is 0.188 e. The summed E-state index contributed by atoms with van der Waals surface area (Å²) in [6.45, 7) is 4.98. The number of rotatable bonds is 7. The van der Waals surface area contributed by atoms with Gasteiger partial charge in [0, 0.05) is 18.9 Å². The summed E-state index contributed by atoms with van der Waals surface area (Å²) >= 11 is 0. The molecule has 1 saturated carbocycles. The van der Waals surface area contributed by atoms with E-state index in [0.29, 0.717) is 44.5 Å². The number of benzene rings is 1. The summed E-state index contributed by atoms with van der Waals surface area (Å²) in [4.78, 5) is 12.6. The minimum Gasteiger partial charge on any atom is -0.493 e. The summed E-state index contributed by atoms with van der Waals surface area (Å²) in [5.41, 5.74) is 1.39. The maximum absolute atomic E-state index is 12.6. The zero-order chi connectivity index (χ0) is 14.4. The number of hydrogen-bond donors (Lipinski definition) is 0. The van der Waals surface area contributed by atoms with Crippen molar-refractivity contribution in [2.75, 3.05) is 13.2 Å². The molecule has 0 bridgehead atoms. The van der Waals surface area contributed by atoms with Crippen LogP contribution in [0.1, 0.15) is 49.9 Å². The summed E-state index contributed by atoms with van der Waals surface area (Å²) in [6.07, 6.45) is 4.89. The van der Waals surface area contributed by atoms with Crippen molar-refractivity contribution in [2.24, 2.45) is 0 Å². The van der Waals surface area contributed by atoms with Crippen LogP contribution in [0.3, 0.4) is 0 Å². The van der Waals surface area contributed by atoms with E-state index in [1.807, 2.05) is 32.0 Å². The van der Waals surface area contributed by atoms with E-state index in [1.54, 1.807) is 0 Å². The van der Waals surface area contributed by atoms with Crippen molar-refractivity contribution in [3.63, 3.8) is 0 Å². The van der Waals surface area contributed by atoms with E-state index in [-0.39, 0.29) is 24.4 Å². The molecule has 1 unspecified atom stereocenters. The molecule has 0 spiro atoms. The third-order valence-corrected chi connectivity index (χ3v) is 5.00. The molecular formula is C16H23LiO3P. The van der Waals surface area contributed by atoms with Crippen molar-refractivity contribution >= 4 is 33.0 Å². The van der Waals surface area contributed by atoms with Gasteiger partial charge < -0.3 is 9.47 Å². The van der Waals surface area contributed by atoms with Crippen LogP contribution >= 0.6 is 8.58 Å². The molecule has 0 aliphatic heterocycles. The van der Waals surface area contributed by atoms with Crippen molar-refractivity contribution in [1.82, 2.24) is 0 Å². The first-order valence-electron chi connectivity index (χ1n) is 7.45. The molecule has 5 heteroatoms. The summed E-state index contributed by atoms with van der Waals surface area (Å²) in [5.74, 6) is 1.32. The van der Waals surface area contributed by atoms with Crippen LogP contribution in [0, 0.1) is 0 Å². The van der Waals surface area contributed by atoms with E-state index in [9.17, 15) is 4.79 Å². The van der Waals surface area contributed by atoms with Crippen molar-refractivity contribution < 1.29 is 14.3 Å². The Morgan fingerprint density at radius 1 is 1.14 bits per heavy atom. The average molecular weight is 301 g/mol. The standard InChI is InChI=1S/C16H23O3P.Li/c1-3-18-13-10-7-11-14(19-4-2)15(13)16(17)20-12-8-5-6-9-12;/h7,10-12,20H,3-6,8-9H2,1-2H3;. The van der Waals surface area contributed by atoms with Crippen LogP contribution in [0.4, 0.5) is 0 Å². The second-order valence-corrected chi connectivity index (χ2v) is 6.51. The Labute approximate surface area is 141 Å². The van der Waals surface area contributed by atoms with Gasteiger partial charge in [-0.1, -0.05) is 18.9 Å². The second kappa shape index (κ2) is 9.52. The summed E-state index contributed by atoms with van der Waals surface area (Å²) in [7, 11) is 0.340. The average Bonchev–Trinajstić information content (AvgIpc) is 2.92. The first kappa shape index (κ1) is 18.6. The van der Waals surface area contributed by atoms with Gasteiger partial charge in [-0.25, -0.2) is 0 Å². The monoisotopic (exact) mass is 301 g/mol. The zero-order valence-corrected chi connectivity index (χ0v) is 14.3. The van der Waals surface area contributed by atoms with Gasteiger partial charge in [0.15, 0.2) is 5.52 Å².